The van der Waals surface area contributed by atoms with Gasteiger partial charge in [0.15, 0.2) is 5.84 Å². The van der Waals surface area contributed by atoms with Gasteiger partial charge in [0.05, 0.1) is 0 Å². The largest absolute Gasteiger partial charge is 0.409 e. The van der Waals surface area contributed by atoms with Crippen LogP contribution >= 0.6 is 0 Å². The van der Waals surface area contributed by atoms with Crippen LogP contribution in [0.1, 0.15) is 12.6 Å². The van der Waals surface area contributed by atoms with Crippen molar-refractivity contribution in [2.45, 2.75) is 6.92 Å². The summed E-state index contributed by atoms with van der Waals surface area (Å²) in [4.78, 5) is 10.0. The molecule has 0 bridgehead atoms. The summed E-state index contributed by atoms with van der Waals surface area (Å²) in [7, 11) is 1.87. The van der Waals surface area contributed by atoms with Crippen molar-refractivity contribution in [2.75, 3.05) is 18.5 Å². The summed E-state index contributed by atoms with van der Waals surface area (Å²) in [6, 6.07) is 1.59. The minimum absolute atomic E-state index is 0.0156. The van der Waals surface area contributed by atoms with E-state index in [2.05, 4.69) is 15.1 Å². The van der Waals surface area contributed by atoms with Crippen molar-refractivity contribution in [1.82, 2.24) is 9.97 Å². The minimum atomic E-state index is -0.0156. The zero-order valence-corrected chi connectivity index (χ0v) is 8.18. The van der Waals surface area contributed by atoms with E-state index in [4.69, 9.17) is 10.9 Å². The molecule has 0 amide bonds. The van der Waals surface area contributed by atoms with E-state index in [0.29, 0.717) is 11.6 Å². The highest BCUT2D eigenvalue weighted by Crippen LogP contribution is 2.04. The van der Waals surface area contributed by atoms with E-state index < -0.39 is 0 Å². The number of rotatable bonds is 3. The molecule has 0 fully saturated rings. The van der Waals surface area contributed by atoms with Crippen LogP contribution in [0.2, 0.25) is 0 Å². The number of anilines is 1. The summed E-state index contributed by atoms with van der Waals surface area (Å²) in [5, 5.41) is 11.3. The highest BCUT2D eigenvalue weighted by Gasteiger charge is 2.05. The molecule has 0 aliphatic carbocycles. The maximum absolute atomic E-state index is 8.46. The van der Waals surface area contributed by atoms with Gasteiger partial charge in [-0.1, -0.05) is 5.16 Å². The predicted octanol–water partition coefficient (Wildman–Crippen LogP) is 0.0272. The summed E-state index contributed by atoms with van der Waals surface area (Å²) in [6.07, 6.45) is 1.57. The molecule has 0 aromatic carbocycles. The second-order valence-corrected chi connectivity index (χ2v) is 2.74. The SMILES string of the molecule is CCN(C)c1nccc(/C(N)=N/O)n1. The lowest BCUT2D eigenvalue weighted by Crippen LogP contribution is -2.22. The highest BCUT2D eigenvalue weighted by atomic mass is 16.4. The lowest BCUT2D eigenvalue weighted by molar-refractivity contribution is 0.318. The van der Waals surface area contributed by atoms with Gasteiger partial charge in [-0.15, -0.1) is 0 Å². The lowest BCUT2D eigenvalue weighted by atomic mass is 10.4. The monoisotopic (exact) mass is 195 g/mol. The molecule has 14 heavy (non-hydrogen) atoms. The van der Waals surface area contributed by atoms with Gasteiger partial charge in [0.1, 0.15) is 5.69 Å². The van der Waals surface area contributed by atoms with Crippen molar-refractivity contribution in [3.05, 3.63) is 18.0 Å². The Morgan fingerprint density at radius 1 is 1.71 bits per heavy atom. The fourth-order valence-electron chi connectivity index (χ4n) is 0.868. The van der Waals surface area contributed by atoms with Gasteiger partial charge in [-0.05, 0) is 13.0 Å². The topological polar surface area (TPSA) is 87.6 Å². The fourth-order valence-corrected chi connectivity index (χ4v) is 0.868. The van der Waals surface area contributed by atoms with Crippen LogP contribution in [-0.4, -0.2) is 34.6 Å². The Hall–Kier alpha value is -1.85. The van der Waals surface area contributed by atoms with E-state index in [1.165, 1.54) is 0 Å². The Kier molecular flexibility index (Phi) is 3.22. The number of nitrogens with two attached hydrogens (primary N) is 1. The average Bonchev–Trinajstić information content (AvgIpc) is 2.27. The first kappa shape index (κ1) is 10.2. The fraction of sp³-hybridized carbons (Fsp3) is 0.375. The molecule has 1 heterocycles. The molecule has 1 aromatic heterocycles. The third kappa shape index (κ3) is 2.09. The van der Waals surface area contributed by atoms with E-state index in [1.54, 1.807) is 12.3 Å². The van der Waals surface area contributed by atoms with Gasteiger partial charge in [0.2, 0.25) is 5.95 Å². The molecule has 3 N–H and O–H groups in total. The number of hydrogen-bond acceptors (Lipinski definition) is 5. The Morgan fingerprint density at radius 2 is 2.43 bits per heavy atom. The van der Waals surface area contributed by atoms with Crippen LogP contribution in [0, 0.1) is 0 Å². The Bertz CT molecular complexity index is 338. The van der Waals surface area contributed by atoms with Gasteiger partial charge in [-0.25, -0.2) is 9.97 Å². The Labute approximate surface area is 82.1 Å². The molecule has 0 atom stereocenters. The molecule has 0 spiro atoms. The third-order valence-electron chi connectivity index (χ3n) is 1.83. The first-order valence-corrected chi connectivity index (χ1v) is 4.21. The van der Waals surface area contributed by atoms with Crippen LogP contribution in [0.4, 0.5) is 5.95 Å². The van der Waals surface area contributed by atoms with Crippen molar-refractivity contribution >= 4 is 11.8 Å². The van der Waals surface area contributed by atoms with Crippen LogP contribution < -0.4 is 10.6 Å². The first-order valence-electron chi connectivity index (χ1n) is 4.21. The van der Waals surface area contributed by atoms with E-state index in [-0.39, 0.29) is 5.84 Å². The molecule has 0 aliphatic rings. The zero-order chi connectivity index (χ0) is 10.6. The van der Waals surface area contributed by atoms with Gasteiger partial charge >= 0.3 is 0 Å². The predicted molar refractivity (Wildman–Crippen MR) is 53.5 cm³/mol. The molecule has 6 nitrogen and oxygen atoms in total. The molecule has 0 unspecified atom stereocenters. The van der Waals surface area contributed by atoms with Gasteiger partial charge in [-0.2, -0.15) is 0 Å². The standard InChI is InChI=1S/C8H13N5O/c1-3-13(2)8-10-5-4-6(11-8)7(9)12-14/h4-5,14H,3H2,1-2H3,(H2,9,12). The first-order chi connectivity index (χ1) is 6.69. The molecule has 0 radical (unpaired) electrons. The van der Waals surface area contributed by atoms with E-state index in [9.17, 15) is 0 Å². The van der Waals surface area contributed by atoms with Crippen molar-refractivity contribution in [2.24, 2.45) is 10.9 Å². The van der Waals surface area contributed by atoms with Crippen molar-refractivity contribution in [1.29, 1.82) is 0 Å². The third-order valence-corrected chi connectivity index (χ3v) is 1.83. The highest BCUT2D eigenvalue weighted by molar-refractivity contribution is 5.95. The Morgan fingerprint density at radius 3 is 3.00 bits per heavy atom. The molecule has 6 heteroatoms. The second-order valence-electron chi connectivity index (χ2n) is 2.74. The van der Waals surface area contributed by atoms with Gasteiger partial charge < -0.3 is 15.8 Å². The van der Waals surface area contributed by atoms with Crippen molar-refractivity contribution in [3.8, 4) is 0 Å². The summed E-state index contributed by atoms with van der Waals surface area (Å²) >= 11 is 0. The number of nitrogens with zero attached hydrogens (tertiary/aromatic N) is 4. The summed E-state index contributed by atoms with van der Waals surface area (Å²) < 4.78 is 0. The van der Waals surface area contributed by atoms with Crippen LogP contribution in [0.3, 0.4) is 0 Å². The number of aromatic nitrogens is 2. The molecule has 0 aliphatic heterocycles. The summed E-state index contributed by atoms with van der Waals surface area (Å²) in [6.45, 7) is 2.78. The maximum atomic E-state index is 8.46. The summed E-state index contributed by atoms with van der Waals surface area (Å²) in [5.74, 6) is 0.537. The molecule has 1 rings (SSSR count). The van der Waals surface area contributed by atoms with Crippen molar-refractivity contribution in [3.63, 3.8) is 0 Å². The molecule has 76 valence electrons. The molecule has 1 aromatic rings. The van der Waals surface area contributed by atoms with E-state index in [1.807, 2.05) is 18.9 Å². The number of hydrogen-bond donors (Lipinski definition) is 2. The average molecular weight is 195 g/mol. The van der Waals surface area contributed by atoms with Gasteiger partial charge in [0, 0.05) is 19.8 Å². The smallest absolute Gasteiger partial charge is 0.225 e. The van der Waals surface area contributed by atoms with Crippen LogP contribution in [0.15, 0.2) is 17.4 Å². The molecule has 0 saturated carbocycles. The molecule has 0 saturated heterocycles. The Balaban J connectivity index is 3.01. The molecular formula is C8H13N5O. The van der Waals surface area contributed by atoms with Crippen molar-refractivity contribution < 1.29 is 5.21 Å². The second kappa shape index (κ2) is 4.40. The normalized spacial score (nSPS) is 11.4. The number of amidine groups is 1. The lowest BCUT2D eigenvalue weighted by Gasteiger charge is -2.13. The van der Waals surface area contributed by atoms with Gasteiger partial charge in [0.25, 0.3) is 0 Å². The zero-order valence-electron chi connectivity index (χ0n) is 8.18. The minimum Gasteiger partial charge on any atom is -0.409 e. The maximum Gasteiger partial charge on any atom is 0.225 e. The van der Waals surface area contributed by atoms with Crippen LogP contribution in [0.25, 0.3) is 0 Å². The summed E-state index contributed by atoms with van der Waals surface area (Å²) in [5.41, 5.74) is 5.81. The van der Waals surface area contributed by atoms with Crippen LogP contribution in [0.5, 0.6) is 0 Å². The van der Waals surface area contributed by atoms with E-state index >= 15 is 0 Å². The van der Waals surface area contributed by atoms with Gasteiger partial charge in [-0.3, -0.25) is 0 Å². The number of oxime groups is 1. The molecular weight excluding hydrogens is 182 g/mol. The van der Waals surface area contributed by atoms with E-state index in [0.717, 1.165) is 6.54 Å². The quantitative estimate of drug-likeness (QED) is 0.307. The van der Waals surface area contributed by atoms with Crippen LogP contribution in [-0.2, 0) is 0 Å².